The van der Waals surface area contributed by atoms with Crippen molar-refractivity contribution in [1.82, 2.24) is 4.98 Å². The fourth-order valence-corrected chi connectivity index (χ4v) is 2.68. The zero-order valence-corrected chi connectivity index (χ0v) is 10.8. The van der Waals surface area contributed by atoms with Crippen molar-refractivity contribution in [2.45, 2.75) is 19.4 Å². The van der Waals surface area contributed by atoms with E-state index in [2.05, 4.69) is 11.9 Å². The average Bonchev–Trinajstić information content (AvgIpc) is 2.38. The number of aliphatic hydroxyl groups is 1. The highest BCUT2D eigenvalue weighted by Crippen LogP contribution is 2.25. The Kier molecular flexibility index (Phi) is 4.40. The molecule has 0 aliphatic heterocycles. The molecule has 1 N–H and O–H groups in total. The van der Waals surface area contributed by atoms with Crippen molar-refractivity contribution in [1.29, 1.82) is 0 Å². The van der Waals surface area contributed by atoms with Crippen molar-refractivity contribution in [2.24, 2.45) is 0 Å². The Morgan fingerprint density at radius 1 is 1.29 bits per heavy atom. The minimum Gasteiger partial charge on any atom is -0.387 e. The van der Waals surface area contributed by atoms with Crippen molar-refractivity contribution in [3.05, 3.63) is 42.1 Å². The van der Waals surface area contributed by atoms with Gasteiger partial charge >= 0.3 is 0 Å². The molecule has 0 fully saturated rings. The lowest BCUT2D eigenvalue weighted by atomic mass is 10.1. The summed E-state index contributed by atoms with van der Waals surface area (Å²) in [4.78, 5) is 4.36. The number of hydrogen-bond acceptors (Lipinski definition) is 3. The van der Waals surface area contributed by atoms with E-state index in [9.17, 15) is 5.11 Å². The molecule has 0 saturated heterocycles. The van der Waals surface area contributed by atoms with Gasteiger partial charge in [-0.15, -0.1) is 0 Å². The molecular weight excluding hydrogens is 230 g/mol. The highest BCUT2D eigenvalue weighted by atomic mass is 32.2. The van der Waals surface area contributed by atoms with E-state index >= 15 is 0 Å². The van der Waals surface area contributed by atoms with Crippen LogP contribution in [0.3, 0.4) is 0 Å². The highest BCUT2D eigenvalue weighted by molar-refractivity contribution is 7.99. The zero-order valence-electron chi connectivity index (χ0n) is 9.97. The summed E-state index contributed by atoms with van der Waals surface area (Å²) in [6.07, 6.45) is 2.49. The first-order valence-electron chi connectivity index (χ1n) is 5.92. The number of fused-ring (bicyclic) bond motifs is 1. The predicted octanol–water partition coefficient (Wildman–Crippen LogP) is 3.41. The smallest absolute Gasteiger partial charge is 0.0901 e. The summed E-state index contributed by atoms with van der Waals surface area (Å²) in [5, 5.41) is 11.3. The molecule has 1 aromatic carbocycles. The van der Waals surface area contributed by atoms with E-state index in [0.29, 0.717) is 0 Å². The van der Waals surface area contributed by atoms with Crippen LogP contribution in [0, 0.1) is 0 Å². The Morgan fingerprint density at radius 2 is 2.12 bits per heavy atom. The van der Waals surface area contributed by atoms with E-state index in [1.54, 1.807) is 18.0 Å². The van der Waals surface area contributed by atoms with E-state index in [4.69, 9.17) is 0 Å². The molecule has 2 rings (SSSR count). The Labute approximate surface area is 106 Å². The first-order valence-corrected chi connectivity index (χ1v) is 7.08. The maximum atomic E-state index is 10.2. The van der Waals surface area contributed by atoms with Crippen LogP contribution in [0.15, 0.2) is 36.5 Å². The van der Waals surface area contributed by atoms with Gasteiger partial charge in [0, 0.05) is 22.9 Å². The zero-order chi connectivity index (χ0) is 12.1. The van der Waals surface area contributed by atoms with Crippen LogP contribution in [0.4, 0.5) is 0 Å². The topological polar surface area (TPSA) is 33.1 Å². The number of rotatable bonds is 5. The predicted molar refractivity (Wildman–Crippen MR) is 74.3 cm³/mol. The van der Waals surface area contributed by atoms with Crippen molar-refractivity contribution in [3.8, 4) is 0 Å². The number of para-hydroxylation sites is 1. The standard InChI is InChI=1S/C14H17NOS/c1-2-9-17-10-13(16)12-7-3-5-11-6-4-8-15-14(11)12/h3-8,13,16H,2,9-10H2,1H3. The number of nitrogens with zero attached hydrogens (tertiary/aromatic N) is 1. The second-order valence-corrected chi connectivity index (χ2v) is 5.16. The van der Waals surface area contributed by atoms with Gasteiger partial charge in [0.1, 0.15) is 0 Å². The maximum absolute atomic E-state index is 10.2. The Balaban J connectivity index is 2.22. The van der Waals surface area contributed by atoms with Crippen molar-refractivity contribution in [3.63, 3.8) is 0 Å². The number of aliphatic hydroxyl groups excluding tert-OH is 1. The van der Waals surface area contributed by atoms with Crippen LogP contribution in [-0.4, -0.2) is 21.6 Å². The van der Waals surface area contributed by atoms with E-state index < -0.39 is 6.10 Å². The molecular formula is C14H17NOS. The Bertz CT molecular complexity index is 481. The monoisotopic (exact) mass is 247 g/mol. The first-order chi connectivity index (χ1) is 8.33. The fraction of sp³-hybridized carbons (Fsp3) is 0.357. The molecule has 0 amide bonds. The highest BCUT2D eigenvalue weighted by Gasteiger charge is 2.11. The van der Waals surface area contributed by atoms with Gasteiger partial charge in [-0.2, -0.15) is 11.8 Å². The van der Waals surface area contributed by atoms with Crippen molar-refractivity contribution < 1.29 is 5.11 Å². The molecule has 1 aromatic heterocycles. The molecule has 0 aliphatic rings. The van der Waals surface area contributed by atoms with Gasteiger partial charge in [-0.05, 0) is 18.2 Å². The number of hydrogen-bond donors (Lipinski definition) is 1. The Morgan fingerprint density at radius 3 is 2.94 bits per heavy atom. The van der Waals surface area contributed by atoms with Gasteiger partial charge in [0.15, 0.2) is 0 Å². The van der Waals surface area contributed by atoms with Crippen molar-refractivity contribution >= 4 is 22.7 Å². The molecule has 17 heavy (non-hydrogen) atoms. The molecule has 0 saturated carbocycles. The quantitative estimate of drug-likeness (QED) is 0.822. The molecule has 0 aliphatic carbocycles. The minimum atomic E-state index is -0.426. The maximum Gasteiger partial charge on any atom is 0.0901 e. The summed E-state index contributed by atoms with van der Waals surface area (Å²) in [6, 6.07) is 9.92. The molecule has 0 radical (unpaired) electrons. The molecule has 3 heteroatoms. The van der Waals surface area contributed by atoms with E-state index in [1.165, 1.54) is 0 Å². The van der Waals surface area contributed by atoms with Crippen LogP contribution in [0.2, 0.25) is 0 Å². The molecule has 0 spiro atoms. The number of pyridine rings is 1. The van der Waals surface area contributed by atoms with Gasteiger partial charge < -0.3 is 5.11 Å². The second-order valence-electron chi connectivity index (χ2n) is 4.01. The minimum absolute atomic E-state index is 0.426. The number of benzene rings is 1. The third-order valence-electron chi connectivity index (χ3n) is 2.65. The van der Waals surface area contributed by atoms with Gasteiger partial charge in [-0.3, -0.25) is 4.98 Å². The summed E-state index contributed by atoms with van der Waals surface area (Å²) in [6.45, 7) is 2.15. The number of aromatic nitrogens is 1. The third-order valence-corrected chi connectivity index (χ3v) is 3.90. The second kappa shape index (κ2) is 6.03. The SMILES string of the molecule is CCCSCC(O)c1cccc2cccnc12. The van der Waals surface area contributed by atoms with Crippen LogP contribution >= 0.6 is 11.8 Å². The van der Waals surface area contributed by atoms with E-state index in [0.717, 1.165) is 34.4 Å². The number of thioether (sulfide) groups is 1. The van der Waals surface area contributed by atoms with Crippen LogP contribution in [0.25, 0.3) is 10.9 Å². The molecule has 1 heterocycles. The van der Waals surface area contributed by atoms with Gasteiger partial charge in [0.05, 0.1) is 11.6 Å². The van der Waals surface area contributed by atoms with E-state index in [1.807, 2.05) is 30.3 Å². The van der Waals surface area contributed by atoms with E-state index in [-0.39, 0.29) is 0 Å². The third kappa shape index (κ3) is 2.99. The summed E-state index contributed by atoms with van der Waals surface area (Å²) < 4.78 is 0. The molecule has 2 aromatic rings. The largest absolute Gasteiger partial charge is 0.387 e. The summed E-state index contributed by atoms with van der Waals surface area (Å²) in [5.74, 6) is 1.83. The lowest BCUT2D eigenvalue weighted by Gasteiger charge is -2.12. The molecule has 90 valence electrons. The normalized spacial score (nSPS) is 12.8. The molecule has 2 nitrogen and oxygen atoms in total. The van der Waals surface area contributed by atoms with Gasteiger partial charge in [-0.1, -0.05) is 31.2 Å². The van der Waals surface area contributed by atoms with Gasteiger partial charge in [-0.25, -0.2) is 0 Å². The molecule has 0 bridgehead atoms. The fourth-order valence-electron chi connectivity index (χ4n) is 1.83. The lowest BCUT2D eigenvalue weighted by Crippen LogP contribution is -2.02. The van der Waals surface area contributed by atoms with Crippen molar-refractivity contribution in [2.75, 3.05) is 11.5 Å². The van der Waals surface area contributed by atoms with Crippen LogP contribution < -0.4 is 0 Å². The molecule has 1 atom stereocenters. The lowest BCUT2D eigenvalue weighted by molar-refractivity contribution is 0.205. The first kappa shape index (κ1) is 12.4. The van der Waals surface area contributed by atoms with Crippen LogP contribution in [-0.2, 0) is 0 Å². The molecule has 1 unspecified atom stereocenters. The van der Waals surface area contributed by atoms with Gasteiger partial charge in [0.25, 0.3) is 0 Å². The summed E-state index contributed by atoms with van der Waals surface area (Å²) in [7, 11) is 0. The summed E-state index contributed by atoms with van der Waals surface area (Å²) >= 11 is 1.79. The van der Waals surface area contributed by atoms with Gasteiger partial charge in [0.2, 0.25) is 0 Å². The Hall–Kier alpha value is -1.06. The van der Waals surface area contributed by atoms with Crippen LogP contribution in [0.5, 0.6) is 0 Å². The summed E-state index contributed by atoms with van der Waals surface area (Å²) in [5.41, 5.74) is 1.85. The average molecular weight is 247 g/mol. The van der Waals surface area contributed by atoms with Crippen LogP contribution in [0.1, 0.15) is 25.0 Å².